The summed E-state index contributed by atoms with van der Waals surface area (Å²) < 4.78 is 13.6. The van der Waals surface area contributed by atoms with Crippen LogP contribution in [0.25, 0.3) is 0 Å². The van der Waals surface area contributed by atoms with Gasteiger partial charge in [-0.05, 0) is 43.2 Å². The highest BCUT2D eigenvalue weighted by Gasteiger charge is 2.20. The van der Waals surface area contributed by atoms with Gasteiger partial charge in [0.05, 0.1) is 6.61 Å². The summed E-state index contributed by atoms with van der Waals surface area (Å²) in [6, 6.07) is 11.4. The van der Waals surface area contributed by atoms with Crippen LogP contribution in [0, 0.1) is 12.7 Å². The molecule has 120 valence electrons. The van der Waals surface area contributed by atoms with Gasteiger partial charge in [-0.1, -0.05) is 36.4 Å². The number of benzene rings is 2. The first kappa shape index (κ1) is 16.9. The van der Waals surface area contributed by atoms with Crippen LogP contribution >= 0.6 is 0 Å². The maximum absolute atomic E-state index is 13.6. The molecule has 4 heteroatoms. The zero-order valence-electron chi connectivity index (χ0n) is 13.3. The molecule has 0 aromatic heterocycles. The molecule has 1 unspecified atom stereocenters. The Morgan fingerprint density at radius 1 is 1.30 bits per heavy atom. The van der Waals surface area contributed by atoms with Crippen LogP contribution < -0.4 is 5.32 Å². The largest absolute Gasteiger partial charge is 0.395 e. The Hall–Kier alpha value is -2.46. The monoisotopic (exact) mass is 313 g/mol. The first-order chi connectivity index (χ1) is 10.9. The molecule has 0 spiro atoms. The third kappa shape index (κ3) is 3.85. The minimum Gasteiger partial charge on any atom is -0.395 e. The molecule has 0 aliphatic carbocycles. The number of rotatable bonds is 5. The third-order valence-corrected chi connectivity index (χ3v) is 3.81. The predicted octanol–water partition coefficient (Wildman–Crippen LogP) is 4.04. The molecule has 0 saturated heterocycles. The highest BCUT2D eigenvalue weighted by atomic mass is 19.1. The highest BCUT2D eigenvalue weighted by Crippen LogP contribution is 2.27. The smallest absolute Gasteiger partial charge is 0.256 e. The second kappa shape index (κ2) is 7.20. The molecule has 0 bridgehead atoms. The molecule has 0 fully saturated rings. The molecule has 0 radical (unpaired) electrons. The molecule has 1 atom stereocenters. The molecule has 0 aliphatic heterocycles. The molecule has 2 rings (SSSR count). The third-order valence-electron chi connectivity index (χ3n) is 3.81. The quantitative estimate of drug-likeness (QED) is 0.819. The van der Waals surface area contributed by atoms with Crippen molar-refractivity contribution in [1.82, 2.24) is 0 Å². The maximum atomic E-state index is 13.6. The number of amides is 1. The molecule has 0 heterocycles. The lowest BCUT2D eigenvalue weighted by Gasteiger charge is -2.19. The van der Waals surface area contributed by atoms with E-state index >= 15 is 0 Å². The average Bonchev–Trinajstić information content (AvgIpc) is 2.51. The van der Waals surface area contributed by atoms with Gasteiger partial charge >= 0.3 is 0 Å². The van der Waals surface area contributed by atoms with E-state index in [1.165, 1.54) is 18.2 Å². The molecule has 2 N–H and O–H groups in total. The zero-order valence-corrected chi connectivity index (χ0v) is 13.3. The van der Waals surface area contributed by atoms with E-state index in [1.54, 1.807) is 13.0 Å². The summed E-state index contributed by atoms with van der Waals surface area (Å²) in [6.07, 6.45) is 0. The number of hydrogen-bond acceptors (Lipinski definition) is 2. The van der Waals surface area contributed by atoms with Gasteiger partial charge in [-0.3, -0.25) is 4.79 Å². The maximum Gasteiger partial charge on any atom is 0.256 e. The first-order valence-corrected chi connectivity index (χ1v) is 7.36. The molecule has 23 heavy (non-hydrogen) atoms. The number of aliphatic hydroxyl groups excluding tert-OH is 1. The number of aryl methyl sites for hydroxylation is 1. The van der Waals surface area contributed by atoms with E-state index in [4.69, 9.17) is 0 Å². The number of nitrogens with one attached hydrogen (secondary N) is 1. The number of aliphatic hydroxyl groups is 1. The van der Waals surface area contributed by atoms with Crippen molar-refractivity contribution >= 4 is 11.6 Å². The lowest BCUT2D eigenvalue weighted by atomic mass is 9.89. The van der Waals surface area contributed by atoms with Gasteiger partial charge in [0, 0.05) is 17.2 Å². The number of carbonyl (C=O) groups is 1. The van der Waals surface area contributed by atoms with Crippen LogP contribution in [0.3, 0.4) is 0 Å². The van der Waals surface area contributed by atoms with Gasteiger partial charge in [0.15, 0.2) is 0 Å². The summed E-state index contributed by atoms with van der Waals surface area (Å²) in [5, 5.41) is 12.4. The van der Waals surface area contributed by atoms with E-state index in [2.05, 4.69) is 11.9 Å². The SMILES string of the molecule is C=C(C)C(CO)c1ccc(F)cc1C(=O)Nc1ccccc1C. The second-order valence-electron chi connectivity index (χ2n) is 5.58. The van der Waals surface area contributed by atoms with Crippen LogP contribution in [0.4, 0.5) is 10.1 Å². The number of hydrogen-bond donors (Lipinski definition) is 2. The van der Waals surface area contributed by atoms with Crippen molar-refractivity contribution in [1.29, 1.82) is 0 Å². The Morgan fingerprint density at radius 3 is 2.61 bits per heavy atom. The van der Waals surface area contributed by atoms with Crippen molar-refractivity contribution in [2.24, 2.45) is 0 Å². The minimum absolute atomic E-state index is 0.189. The van der Waals surface area contributed by atoms with E-state index in [9.17, 15) is 14.3 Å². The molecule has 0 saturated carbocycles. The number of halogens is 1. The Balaban J connectivity index is 2.41. The Labute approximate surface area is 135 Å². The van der Waals surface area contributed by atoms with Gasteiger partial charge in [0.2, 0.25) is 0 Å². The second-order valence-corrected chi connectivity index (χ2v) is 5.58. The van der Waals surface area contributed by atoms with Gasteiger partial charge in [0.25, 0.3) is 5.91 Å². The highest BCUT2D eigenvalue weighted by molar-refractivity contribution is 6.05. The van der Waals surface area contributed by atoms with Crippen LogP contribution in [-0.4, -0.2) is 17.6 Å². The van der Waals surface area contributed by atoms with E-state index < -0.39 is 17.6 Å². The van der Waals surface area contributed by atoms with Crippen molar-refractivity contribution < 1.29 is 14.3 Å². The summed E-state index contributed by atoms with van der Waals surface area (Å²) in [5.41, 5.74) is 3.06. The van der Waals surface area contributed by atoms with Crippen LogP contribution in [0.1, 0.15) is 34.3 Å². The van der Waals surface area contributed by atoms with Gasteiger partial charge in [-0.2, -0.15) is 0 Å². The van der Waals surface area contributed by atoms with Crippen molar-refractivity contribution in [3.8, 4) is 0 Å². The molecular formula is C19H20FNO2. The normalized spacial score (nSPS) is 11.8. The summed E-state index contributed by atoms with van der Waals surface area (Å²) >= 11 is 0. The van der Waals surface area contributed by atoms with E-state index in [0.717, 1.165) is 5.56 Å². The van der Waals surface area contributed by atoms with Crippen molar-refractivity contribution in [3.05, 3.63) is 77.1 Å². The Bertz CT molecular complexity index is 740. The molecule has 2 aromatic rings. The number of anilines is 1. The van der Waals surface area contributed by atoms with Crippen molar-refractivity contribution in [2.45, 2.75) is 19.8 Å². The summed E-state index contributed by atoms with van der Waals surface area (Å²) in [6.45, 7) is 7.30. The fraction of sp³-hybridized carbons (Fsp3) is 0.211. The lowest BCUT2D eigenvalue weighted by Crippen LogP contribution is -2.18. The molecule has 3 nitrogen and oxygen atoms in total. The minimum atomic E-state index is -0.498. The standard InChI is InChI=1S/C19H20FNO2/c1-12(2)17(11-22)15-9-8-14(20)10-16(15)19(23)21-18-7-5-4-6-13(18)3/h4-10,17,22H,1,11H2,2-3H3,(H,21,23). The van der Waals surface area contributed by atoms with E-state index in [1.807, 2.05) is 25.1 Å². The van der Waals surface area contributed by atoms with Gasteiger partial charge in [-0.25, -0.2) is 4.39 Å². The Kier molecular flexibility index (Phi) is 5.29. The van der Waals surface area contributed by atoms with E-state index in [0.29, 0.717) is 16.8 Å². The van der Waals surface area contributed by atoms with Gasteiger partial charge in [0.1, 0.15) is 5.82 Å². The Morgan fingerprint density at radius 2 is 2.00 bits per heavy atom. The number of carbonyl (C=O) groups excluding carboxylic acids is 1. The van der Waals surface area contributed by atoms with Crippen LogP contribution in [0.15, 0.2) is 54.6 Å². The molecular weight excluding hydrogens is 293 g/mol. The lowest BCUT2D eigenvalue weighted by molar-refractivity contribution is 0.102. The fourth-order valence-electron chi connectivity index (χ4n) is 2.45. The fourth-order valence-corrected chi connectivity index (χ4v) is 2.45. The van der Waals surface area contributed by atoms with Crippen molar-refractivity contribution in [3.63, 3.8) is 0 Å². The summed E-state index contributed by atoms with van der Waals surface area (Å²) in [4.78, 5) is 12.6. The predicted molar refractivity (Wildman–Crippen MR) is 90.2 cm³/mol. The van der Waals surface area contributed by atoms with E-state index in [-0.39, 0.29) is 12.2 Å². The van der Waals surface area contributed by atoms with Crippen molar-refractivity contribution in [2.75, 3.05) is 11.9 Å². The van der Waals surface area contributed by atoms with Gasteiger partial charge in [-0.15, -0.1) is 0 Å². The number of para-hydroxylation sites is 1. The van der Waals surface area contributed by atoms with Crippen LogP contribution in [0.5, 0.6) is 0 Å². The molecule has 1 amide bonds. The molecule has 0 aliphatic rings. The summed E-state index contributed by atoms with van der Waals surface area (Å²) in [7, 11) is 0. The summed E-state index contributed by atoms with van der Waals surface area (Å²) in [5.74, 6) is -1.32. The molecule has 2 aromatic carbocycles. The van der Waals surface area contributed by atoms with Gasteiger partial charge < -0.3 is 10.4 Å². The zero-order chi connectivity index (χ0) is 17.0. The topological polar surface area (TPSA) is 49.3 Å². The van der Waals surface area contributed by atoms with Crippen LogP contribution in [-0.2, 0) is 0 Å². The van der Waals surface area contributed by atoms with Crippen LogP contribution in [0.2, 0.25) is 0 Å². The first-order valence-electron chi connectivity index (χ1n) is 7.36. The average molecular weight is 313 g/mol.